The summed E-state index contributed by atoms with van der Waals surface area (Å²) >= 11 is 0. The van der Waals surface area contributed by atoms with Gasteiger partial charge in [-0.2, -0.15) is 0 Å². The van der Waals surface area contributed by atoms with Crippen LogP contribution in [0.4, 0.5) is 10.6 Å². The molecule has 3 rings (SSSR count). The first kappa shape index (κ1) is 14.6. The highest BCUT2D eigenvalue weighted by Gasteiger charge is 2.33. The van der Waals surface area contributed by atoms with Crippen molar-refractivity contribution in [3.05, 3.63) is 42.2 Å². The van der Waals surface area contributed by atoms with E-state index < -0.39 is 6.09 Å². The summed E-state index contributed by atoms with van der Waals surface area (Å²) in [5, 5.41) is 6.46. The number of carbonyl (C=O) groups is 1. The van der Waals surface area contributed by atoms with Crippen LogP contribution in [0.15, 0.2) is 40.9 Å². The van der Waals surface area contributed by atoms with Crippen molar-refractivity contribution in [3.63, 3.8) is 0 Å². The second-order valence-corrected chi connectivity index (χ2v) is 5.58. The van der Waals surface area contributed by atoms with Crippen LogP contribution in [0.1, 0.15) is 25.5 Å². The minimum atomic E-state index is -0.594. The number of aromatic nitrogens is 1. The van der Waals surface area contributed by atoms with Gasteiger partial charge in [0.15, 0.2) is 5.82 Å². The molecular weight excluding hydrogens is 284 g/mol. The number of anilines is 1. The van der Waals surface area contributed by atoms with Gasteiger partial charge in [0.2, 0.25) is 0 Å². The van der Waals surface area contributed by atoms with Gasteiger partial charge < -0.3 is 14.0 Å². The predicted octanol–water partition coefficient (Wildman–Crippen LogP) is 3.35. The molecule has 0 unspecified atom stereocenters. The first-order valence-electron chi connectivity index (χ1n) is 7.25. The third-order valence-corrected chi connectivity index (χ3v) is 3.89. The third-order valence-electron chi connectivity index (χ3n) is 3.89. The lowest BCUT2D eigenvalue weighted by atomic mass is 9.80. The Kier molecular flexibility index (Phi) is 4.11. The van der Waals surface area contributed by atoms with Crippen LogP contribution >= 0.6 is 0 Å². The summed E-state index contributed by atoms with van der Waals surface area (Å²) in [6.45, 7) is 3.52. The molecular formula is C16H18N2O4. The Labute approximate surface area is 128 Å². The van der Waals surface area contributed by atoms with E-state index in [2.05, 4.69) is 17.4 Å². The highest BCUT2D eigenvalue weighted by molar-refractivity contribution is 5.85. The van der Waals surface area contributed by atoms with Crippen molar-refractivity contribution in [2.75, 3.05) is 18.5 Å². The Balaban J connectivity index is 1.63. The van der Waals surface area contributed by atoms with Gasteiger partial charge in [-0.1, -0.05) is 30.3 Å². The van der Waals surface area contributed by atoms with E-state index in [4.69, 9.17) is 14.0 Å². The van der Waals surface area contributed by atoms with Crippen molar-refractivity contribution in [2.24, 2.45) is 0 Å². The van der Waals surface area contributed by atoms with Crippen molar-refractivity contribution in [1.29, 1.82) is 0 Å². The number of nitrogens with zero attached hydrogens (tertiary/aromatic N) is 1. The number of carbonyl (C=O) groups excluding carboxylic acids is 1. The zero-order valence-corrected chi connectivity index (χ0v) is 12.4. The quantitative estimate of drug-likeness (QED) is 0.941. The second-order valence-electron chi connectivity index (χ2n) is 5.58. The molecule has 0 atom stereocenters. The van der Waals surface area contributed by atoms with E-state index in [9.17, 15) is 4.79 Å². The maximum atomic E-state index is 11.8. The van der Waals surface area contributed by atoms with Gasteiger partial charge in [-0.15, -0.1) is 0 Å². The van der Waals surface area contributed by atoms with Crippen LogP contribution in [0.3, 0.4) is 0 Å². The highest BCUT2D eigenvalue weighted by atomic mass is 16.6. The number of benzene rings is 1. The summed E-state index contributed by atoms with van der Waals surface area (Å²) in [5.74, 6) is 1.58. The first-order chi connectivity index (χ1) is 10.7. The number of rotatable bonds is 3. The molecule has 116 valence electrons. The number of ether oxygens (including phenoxy) is 2. The molecule has 1 aliphatic heterocycles. The van der Waals surface area contributed by atoms with E-state index >= 15 is 0 Å². The summed E-state index contributed by atoms with van der Waals surface area (Å²) in [5.41, 5.74) is -0.103. The SMILES string of the molecule is CC1(c2cc(NC(=O)Oc3ccccc3)no2)CCOCC1. The number of amides is 1. The monoisotopic (exact) mass is 302 g/mol. The third kappa shape index (κ3) is 3.28. The molecule has 6 nitrogen and oxygen atoms in total. The molecule has 1 amide bonds. The lowest BCUT2D eigenvalue weighted by Crippen LogP contribution is -2.30. The topological polar surface area (TPSA) is 73.6 Å². The first-order valence-corrected chi connectivity index (χ1v) is 7.25. The number of hydrogen-bond acceptors (Lipinski definition) is 5. The maximum Gasteiger partial charge on any atom is 0.418 e. The van der Waals surface area contributed by atoms with Crippen LogP contribution in [0.2, 0.25) is 0 Å². The lowest BCUT2D eigenvalue weighted by Gasteiger charge is -2.30. The highest BCUT2D eigenvalue weighted by Crippen LogP contribution is 2.35. The molecule has 2 aromatic rings. The van der Waals surface area contributed by atoms with Crippen LogP contribution in [-0.4, -0.2) is 24.5 Å². The Morgan fingerprint density at radius 2 is 2.00 bits per heavy atom. The van der Waals surface area contributed by atoms with Crippen molar-refractivity contribution in [2.45, 2.75) is 25.2 Å². The molecule has 0 radical (unpaired) electrons. The number of nitrogens with one attached hydrogen (secondary N) is 1. The second kappa shape index (κ2) is 6.19. The zero-order chi connectivity index (χ0) is 15.4. The van der Waals surface area contributed by atoms with Gasteiger partial charge in [-0.25, -0.2) is 4.79 Å². The Morgan fingerprint density at radius 1 is 1.27 bits per heavy atom. The van der Waals surface area contributed by atoms with Crippen molar-refractivity contribution < 1.29 is 18.8 Å². The van der Waals surface area contributed by atoms with Crippen molar-refractivity contribution in [3.8, 4) is 5.75 Å². The minimum Gasteiger partial charge on any atom is -0.410 e. The molecule has 0 spiro atoms. The van der Waals surface area contributed by atoms with Gasteiger partial charge in [0.1, 0.15) is 11.5 Å². The minimum absolute atomic E-state index is 0.103. The van der Waals surface area contributed by atoms with E-state index in [0.717, 1.165) is 18.6 Å². The van der Waals surface area contributed by atoms with Gasteiger partial charge in [0.25, 0.3) is 0 Å². The molecule has 0 aliphatic carbocycles. The number of para-hydroxylation sites is 1. The number of hydrogen-bond donors (Lipinski definition) is 1. The summed E-state index contributed by atoms with van der Waals surface area (Å²) in [4.78, 5) is 11.8. The van der Waals surface area contributed by atoms with Gasteiger partial charge in [0.05, 0.1) is 0 Å². The van der Waals surface area contributed by atoms with Crippen LogP contribution in [0.25, 0.3) is 0 Å². The molecule has 2 heterocycles. The fraction of sp³-hybridized carbons (Fsp3) is 0.375. The molecule has 0 bridgehead atoms. The fourth-order valence-corrected chi connectivity index (χ4v) is 2.41. The van der Waals surface area contributed by atoms with Crippen molar-refractivity contribution in [1.82, 2.24) is 5.16 Å². The molecule has 22 heavy (non-hydrogen) atoms. The smallest absolute Gasteiger partial charge is 0.410 e. The predicted molar refractivity (Wildman–Crippen MR) is 80.0 cm³/mol. The Hall–Kier alpha value is -2.34. The van der Waals surface area contributed by atoms with Gasteiger partial charge >= 0.3 is 6.09 Å². The Bertz CT molecular complexity index is 633. The van der Waals surface area contributed by atoms with E-state index in [1.165, 1.54) is 0 Å². The summed E-state index contributed by atoms with van der Waals surface area (Å²) < 4.78 is 15.9. The lowest BCUT2D eigenvalue weighted by molar-refractivity contribution is 0.0467. The average molecular weight is 302 g/mol. The largest absolute Gasteiger partial charge is 0.418 e. The van der Waals surface area contributed by atoms with Gasteiger partial charge in [-0.05, 0) is 25.0 Å². The zero-order valence-electron chi connectivity index (χ0n) is 12.4. The molecule has 1 fully saturated rings. The fourth-order valence-electron chi connectivity index (χ4n) is 2.41. The van der Waals surface area contributed by atoms with Crippen LogP contribution in [0, 0.1) is 0 Å². The molecule has 1 aromatic heterocycles. The molecule has 0 saturated carbocycles. The summed E-state index contributed by atoms with van der Waals surface area (Å²) in [6, 6.07) is 10.6. The maximum absolute atomic E-state index is 11.8. The van der Waals surface area contributed by atoms with Crippen LogP contribution < -0.4 is 10.1 Å². The van der Waals surface area contributed by atoms with E-state index in [-0.39, 0.29) is 5.41 Å². The molecule has 1 aliphatic rings. The van der Waals surface area contributed by atoms with Crippen molar-refractivity contribution >= 4 is 11.9 Å². The molecule has 6 heteroatoms. The summed E-state index contributed by atoms with van der Waals surface area (Å²) in [6.07, 6.45) is 1.15. The van der Waals surface area contributed by atoms with E-state index in [1.54, 1.807) is 30.3 Å². The average Bonchev–Trinajstić information content (AvgIpc) is 2.98. The van der Waals surface area contributed by atoms with E-state index in [1.807, 2.05) is 6.07 Å². The van der Waals surface area contributed by atoms with E-state index in [0.29, 0.717) is 24.8 Å². The molecule has 1 aromatic carbocycles. The Morgan fingerprint density at radius 3 is 2.73 bits per heavy atom. The standard InChI is InChI=1S/C16H18N2O4/c1-16(7-9-20-10-8-16)13-11-14(18-22-13)17-15(19)21-12-5-3-2-4-6-12/h2-6,11H,7-10H2,1H3,(H,17,18,19). The van der Waals surface area contributed by atoms with Crippen LogP contribution in [0.5, 0.6) is 5.75 Å². The molecule has 1 N–H and O–H groups in total. The summed E-state index contributed by atoms with van der Waals surface area (Å²) in [7, 11) is 0. The molecule has 1 saturated heterocycles. The van der Waals surface area contributed by atoms with Crippen LogP contribution in [-0.2, 0) is 10.2 Å². The van der Waals surface area contributed by atoms with Gasteiger partial charge in [0, 0.05) is 24.7 Å². The van der Waals surface area contributed by atoms with Gasteiger partial charge in [-0.3, -0.25) is 5.32 Å². The normalized spacial score (nSPS) is 17.0.